The molecule has 4 heterocycles. The molecule has 2 aliphatic heterocycles. The normalized spacial score (nSPS) is 19.0. The van der Waals surface area contributed by atoms with E-state index in [1.54, 1.807) is 0 Å². The molecule has 12 nitrogen and oxygen atoms in total. The molecule has 2 N–H and O–H groups in total. The first-order valence-electron chi connectivity index (χ1n) is 15.7. The molecular formula is C30H38F6MnN6O6S2+2. The zero-order valence-corrected chi connectivity index (χ0v) is 30.3. The molecule has 0 spiro atoms. The van der Waals surface area contributed by atoms with E-state index in [-0.39, 0.29) is 17.1 Å². The van der Waals surface area contributed by atoms with Crippen LogP contribution in [0.15, 0.2) is 48.5 Å². The number of para-hydroxylation sites is 4. The zero-order valence-electron chi connectivity index (χ0n) is 27.5. The third kappa shape index (κ3) is 10.2. The minimum atomic E-state index is -5.84. The van der Waals surface area contributed by atoms with E-state index >= 15 is 0 Å². The van der Waals surface area contributed by atoms with Gasteiger partial charge in [-0.2, -0.15) is 43.2 Å². The Morgan fingerprint density at radius 3 is 1.27 bits per heavy atom. The third-order valence-electron chi connectivity index (χ3n) is 8.65. The molecular weight excluding hydrogens is 773 g/mol. The number of hydrogen-bond donors (Lipinski definition) is 2. The van der Waals surface area contributed by atoms with Crippen LogP contribution in [0.5, 0.6) is 0 Å². The van der Waals surface area contributed by atoms with Gasteiger partial charge in [0.05, 0.1) is 35.2 Å². The predicted molar refractivity (Wildman–Crippen MR) is 173 cm³/mol. The largest absolute Gasteiger partial charge is 2.00 e. The van der Waals surface area contributed by atoms with E-state index in [1.807, 2.05) is 0 Å². The Kier molecular flexibility index (Phi) is 14.1. The molecule has 1 radical (unpaired) electrons. The first kappa shape index (κ1) is 42.6. The van der Waals surface area contributed by atoms with Gasteiger partial charge in [-0.25, -0.2) is 9.97 Å². The van der Waals surface area contributed by atoms with E-state index in [0.717, 1.165) is 37.2 Å². The fourth-order valence-electron chi connectivity index (χ4n) is 6.53. The maximum Gasteiger partial charge on any atom is 2.00 e. The number of hydrogen-bond acceptors (Lipinski definition) is 8. The molecule has 2 saturated heterocycles. The van der Waals surface area contributed by atoms with Gasteiger partial charge >= 0.3 is 48.3 Å². The van der Waals surface area contributed by atoms with Gasteiger partial charge in [0.15, 0.2) is 0 Å². The van der Waals surface area contributed by atoms with Crippen molar-refractivity contribution in [1.82, 2.24) is 28.9 Å². The van der Waals surface area contributed by atoms with Gasteiger partial charge in [-0.1, -0.05) is 24.3 Å². The number of nitrogens with zero attached hydrogens (tertiary/aromatic N) is 6. The van der Waals surface area contributed by atoms with Crippen molar-refractivity contribution in [3.8, 4) is 0 Å². The van der Waals surface area contributed by atoms with Gasteiger partial charge < -0.3 is 9.13 Å². The van der Waals surface area contributed by atoms with E-state index in [1.165, 1.54) is 61.5 Å². The second-order valence-corrected chi connectivity index (χ2v) is 14.5. The number of halogens is 6. The van der Waals surface area contributed by atoms with Crippen molar-refractivity contribution in [3.05, 3.63) is 60.2 Å². The number of rotatable bonds is 7. The number of likely N-dealkylation sites (tertiary alicyclic amines) is 2. The molecule has 0 saturated carbocycles. The smallest absolute Gasteiger partial charge is 0.327 e. The van der Waals surface area contributed by atoms with Gasteiger partial charge in [0.1, 0.15) is 11.6 Å². The first-order chi connectivity index (χ1) is 23.3. The molecule has 2 atom stereocenters. The Balaban J connectivity index is 0.000000347. The summed E-state index contributed by atoms with van der Waals surface area (Å²) in [6, 6.07) is 18.3. The second-order valence-electron chi connectivity index (χ2n) is 11.7. The molecule has 0 unspecified atom stereocenters. The summed E-state index contributed by atoms with van der Waals surface area (Å²) in [5.41, 5.74) is -6.31. The van der Waals surface area contributed by atoms with E-state index in [4.69, 9.17) is 35.9 Å². The van der Waals surface area contributed by atoms with Crippen molar-refractivity contribution < 1.29 is 69.4 Å². The van der Waals surface area contributed by atoms with Crippen LogP contribution in [-0.4, -0.2) is 91.0 Å². The molecule has 51 heavy (non-hydrogen) atoms. The van der Waals surface area contributed by atoms with Gasteiger partial charge in [0.2, 0.25) is 0 Å². The summed E-state index contributed by atoms with van der Waals surface area (Å²) >= 11 is 0. The van der Waals surface area contributed by atoms with Crippen molar-refractivity contribution in [2.75, 3.05) is 13.1 Å². The van der Waals surface area contributed by atoms with Crippen molar-refractivity contribution in [2.24, 2.45) is 0 Å². The average molecular weight is 812 g/mol. The third-order valence-corrected chi connectivity index (χ3v) is 9.82. The van der Waals surface area contributed by atoms with Gasteiger partial charge in [0, 0.05) is 25.2 Å². The topological polar surface area (TPSA) is 151 Å². The summed E-state index contributed by atoms with van der Waals surface area (Å²) in [6.07, 6.45) is 5.15. The first-order valence-corrected chi connectivity index (χ1v) is 18.6. The summed E-state index contributed by atoms with van der Waals surface area (Å²) in [4.78, 5) is 15.5. The van der Waals surface area contributed by atoms with E-state index < -0.39 is 31.3 Å². The summed E-state index contributed by atoms with van der Waals surface area (Å²) in [7, 11) is -11.7. The number of fused-ring (bicyclic) bond motifs is 2. The standard InChI is InChI=1S/C28H36N6.2CHF3O3S.Mn/c1-3-33-23-13-7-5-11-21(23)29-27(33)19-31-17-9-15-25(31)26-16-10-18-32(26)20-28-30-22-12-6-8-14-24(22)34(28)4-2;2*2-1(3,4)8(5,6)7;/h5-8,11-14,25-26H,3-4,9-10,15-20H2,1-2H3;2*(H,5,6,7);/q;;;+2/t25-,26-;;;/m1.../s1. The van der Waals surface area contributed by atoms with E-state index in [0.29, 0.717) is 12.1 Å². The van der Waals surface area contributed by atoms with E-state index in [9.17, 15) is 26.3 Å². The molecule has 2 aliphatic rings. The minimum Gasteiger partial charge on any atom is -0.327 e. The molecule has 4 aromatic rings. The molecule has 2 aromatic heterocycles. The van der Waals surface area contributed by atoms with Crippen LogP contribution in [0.25, 0.3) is 22.1 Å². The molecule has 6 rings (SSSR count). The number of aromatic nitrogens is 4. The summed E-state index contributed by atoms with van der Waals surface area (Å²) < 4.78 is 120. The molecule has 2 fully saturated rings. The quantitative estimate of drug-likeness (QED) is 0.101. The van der Waals surface area contributed by atoms with Crippen LogP contribution in [-0.2, 0) is 63.5 Å². The van der Waals surface area contributed by atoms with E-state index in [2.05, 4.69) is 81.3 Å². The summed E-state index contributed by atoms with van der Waals surface area (Å²) in [5.74, 6) is 2.43. The predicted octanol–water partition coefficient (Wildman–Crippen LogP) is 5.84. The van der Waals surface area contributed by atoms with Gasteiger partial charge in [-0.05, 0) is 76.9 Å². The Morgan fingerprint density at radius 2 is 0.980 bits per heavy atom. The van der Waals surface area contributed by atoms with Crippen LogP contribution in [0.4, 0.5) is 26.3 Å². The number of alkyl halides is 6. The van der Waals surface area contributed by atoms with Gasteiger partial charge in [0.25, 0.3) is 0 Å². The second kappa shape index (κ2) is 16.9. The maximum absolute atomic E-state index is 10.7. The average Bonchev–Trinajstić information content (AvgIpc) is 3.80. The van der Waals surface area contributed by atoms with Crippen LogP contribution in [0.2, 0.25) is 0 Å². The summed E-state index contributed by atoms with van der Waals surface area (Å²) in [5, 5.41) is 0. The van der Waals surface area contributed by atoms with Crippen LogP contribution >= 0.6 is 0 Å². The minimum absolute atomic E-state index is 0. The van der Waals surface area contributed by atoms with Crippen LogP contribution in [0.1, 0.15) is 51.2 Å². The van der Waals surface area contributed by atoms with Crippen LogP contribution in [0, 0.1) is 0 Å². The van der Waals surface area contributed by atoms with Crippen molar-refractivity contribution >= 4 is 42.3 Å². The fraction of sp³-hybridized carbons (Fsp3) is 0.533. The number of aryl methyl sites for hydroxylation is 2. The molecule has 0 bridgehead atoms. The van der Waals surface area contributed by atoms with Crippen molar-refractivity contribution in [1.29, 1.82) is 0 Å². The zero-order chi connectivity index (χ0) is 37.1. The maximum atomic E-state index is 10.7. The van der Waals surface area contributed by atoms with Crippen LogP contribution in [0.3, 0.4) is 0 Å². The van der Waals surface area contributed by atoms with Gasteiger partial charge in [-0.3, -0.25) is 18.9 Å². The van der Waals surface area contributed by atoms with Gasteiger partial charge in [-0.15, -0.1) is 0 Å². The Hall–Kier alpha value is -2.78. The monoisotopic (exact) mass is 811 g/mol. The Bertz CT molecular complexity index is 1850. The molecule has 0 aliphatic carbocycles. The SMILES string of the molecule is CCn1c(CN2CCC[C@@H]2[C@H]2CCCN2Cc2nc3ccccc3n2CC)nc2ccccc21.O=S(=O)(O)C(F)(F)F.O=S(=O)(O)C(F)(F)F.[Mn+2]. The number of benzene rings is 2. The molecule has 2 aromatic carbocycles. The Labute approximate surface area is 301 Å². The fourth-order valence-corrected chi connectivity index (χ4v) is 6.53. The van der Waals surface area contributed by atoms with Crippen molar-refractivity contribution in [2.45, 2.75) is 88.8 Å². The molecule has 283 valence electrons. The Morgan fingerprint density at radius 1 is 0.667 bits per heavy atom. The number of imidazole rings is 2. The van der Waals surface area contributed by atoms with Crippen molar-refractivity contribution in [3.63, 3.8) is 0 Å². The molecule has 0 amide bonds. The van der Waals surface area contributed by atoms with Crippen LogP contribution < -0.4 is 0 Å². The summed E-state index contributed by atoms with van der Waals surface area (Å²) in [6.45, 7) is 10.7. The molecule has 21 heteroatoms.